The molecule has 0 saturated heterocycles. The quantitative estimate of drug-likeness (QED) is 0.162. The minimum Gasteiger partial charge on any atom is -0.480 e. The Morgan fingerprint density at radius 2 is 1.67 bits per heavy atom. The van der Waals surface area contributed by atoms with Gasteiger partial charge in [0.15, 0.2) is 0 Å². The third-order valence-corrected chi connectivity index (χ3v) is 3.53. The minimum absolute atomic E-state index is 0.105. The van der Waals surface area contributed by atoms with Crippen LogP contribution in [0.5, 0.6) is 0 Å². The van der Waals surface area contributed by atoms with Crippen LogP contribution in [-0.2, 0) is 28.7 Å². The molecule has 0 radical (unpaired) electrons. The molecule has 1 unspecified atom stereocenters. The van der Waals surface area contributed by atoms with Gasteiger partial charge in [-0.25, -0.2) is 4.79 Å². The molecule has 0 bridgehead atoms. The van der Waals surface area contributed by atoms with Gasteiger partial charge in [0.05, 0.1) is 25.6 Å². The number of carbonyl (C=O) groups excluding carboxylic acids is 3. The van der Waals surface area contributed by atoms with Crippen LogP contribution in [0.4, 0.5) is 0 Å². The van der Waals surface area contributed by atoms with Gasteiger partial charge in [-0.3, -0.25) is 14.4 Å². The van der Waals surface area contributed by atoms with Crippen molar-refractivity contribution in [1.82, 2.24) is 16.0 Å². The fourth-order valence-electron chi connectivity index (χ4n) is 1.93. The Kier molecular flexibility index (Phi) is 15.2. The Labute approximate surface area is 164 Å². The highest BCUT2D eigenvalue weighted by Gasteiger charge is 2.19. The Balaban J connectivity index is 3.78. The van der Waals surface area contributed by atoms with Crippen molar-refractivity contribution in [2.45, 2.75) is 32.2 Å². The van der Waals surface area contributed by atoms with Crippen LogP contribution in [0.2, 0.25) is 0 Å². The van der Waals surface area contributed by atoms with E-state index in [2.05, 4.69) is 28.6 Å². The minimum atomic E-state index is -1.12. The molecule has 10 nitrogen and oxygen atoms in total. The number of carboxylic acids is 1. The molecular weight excluding hydrogens is 378 g/mol. The highest BCUT2D eigenvalue weighted by Crippen LogP contribution is 2.01. The average Bonchev–Trinajstić information content (AvgIpc) is 2.61. The van der Waals surface area contributed by atoms with E-state index in [0.29, 0.717) is 32.5 Å². The van der Waals surface area contributed by atoms with Crippen LogP contribution in [0.15, 0.2) is 0 Å². The van der Waals surface area contributed by atoms with Crippen LogP contribution in [-0.4, -0.2) is 80.1 Å². The zero-order valence-corrected chi connectivity index (χ0v) is 16.4. The molecule has 0 spiro atoms. The highest BCUT2D eigenvalue weighted by atomic mass is 32.1. The fraction of sp³-hybridized carbons (Fsp3) is 0.750. The van der Waals surface area contributed by atoms with Gasteiger partial charge >= 0.3 is 5.97 Å². The third kappa shape index (κ3) is 16.1. The van der Waals surface area contributed by atoms with Gasteiger partial charge in [0.1, 0.15) is 12.6 Å². The van der Waals surface area contributed by atoms with E-state index >= 15 is 0 Å². The Bertz CT molecular complexity index is 477. The molecule has 0 heterocycles. The lowest BCUT2D eigenvalue weighted by molar-refractivity contribution is -0.142. The van der Waals surface area contributed by atoms with Crippen LogP contribution in [0.3, 0.4) is 0 Å². The van der Waals surface area contributed by atoms with E-state index in [0.717, 1.165) is 0 Å². The van der Waals surface area contributed by atoms with Crippen molar-refractivity contribution in [2.24, 2.45) is 0 Å². The van der Waals surface area contributed by atoms with Gasteiger partial charge in [-0.15, -0.1) is 0 Å². The van der Waals surface area contributed by atoms with Gasteiger partial charge in [-0.2, -0.15) is 12.6 Å². The molecule has 11 heteroatoms. The molecule has 3 amide bonds. The summed E-state index contributed by atoms with van der Waals surface area (Å²) in [7, 11) is 0. The van der Waals surface area contributed by atoms with Gasteiger partial charge in [0.2, 0.25) is 17.7 Å². The van der Waals surface area contributed by atoms with E-state index in [9.17, 15) is 19.2 Å². The number of hydrogen-bond donors (Lipinski definition) is 5. The number of carbonyl (C=O) groups is 4. The van der Waals surface area contributed by atoms with Crippen molar-refractivity contribution in [2.75, 3.05) is 45.3 Å². The summed E-state index contributed by atoms with van der Waals surface area (Å²) in [6, 6.07) is -1.00. The van der Waals surface area contributed by atoms with Crippen molar-refractivity contribution < 1.29 is 33.8 Å². The molecule has 1 atom stereocenters. The number of aliphatic carboxylic acids is 1. The van der Waals surface area contributed by atoms with E-state index < -0.39 is 17.9 Å². The fourth-order valence-corrected chi connectivity index (χ4v) is 2.05. The monoisotopic (exact) mass is 407 g/mol. The first-order valence-electron chi connectivity index (χ1n) is 8.66. The van der Waals surface area contributed by atoms with Gasteiger partial charge in [-0.1, -0.05) is 0 Å². The van der Waals surface area contributed by atoms with E-state index in [1.54, 1.807) is 0 Å². The number of ether oxygens (including phenoxy) is 2. The second kappa shape index (κ2) is 16.3. The smallest absolute Gasteiger partial charge is 0.326 e. The number of unbranched alkanes of at least 4 members (excludes halogenated alkanes) is 1. The molecule has 0 rings (SSSR count). The lowest BCUT2D eigenvalue weighted by Gasteiger charge is -2.14. The molecule has 0 aliphatic carbocycles. The Morgan fingerprint density at radius 3 is 2.30 bits per heavy atom. The molecular formula is C16H29N3O7S. The largest absolute Gasteiger partial charge is 0.480 e. The first kappa shape index (κ1) is 25.1. The maximum Gasteiger partial charge on any atom is 0.326 e. The van der Waals surface area contributed by atoms with Gasteiger partial charge in [0, 0.05) is 20.0 Å². The predicted molar refractivity (Wildman–Crippen MR) is 101 cm³/mol. The van der Waals surface area contributed by atoms with E-state index in [1.165, 1.54) is 6.92 Å². The van der Waals surface area contributed by atoms with Gasteiger partial charge < -0.3 is 30.5 Å². The number of thiol groups is 1. The van der Waals surface area contributed by atoms with Crippen LogP contribution in [0, 0.1) is 0 Å². The summed E-state index contributed by atoms with van der Waals surface area (Å²) in [5.41, 5.74) is 0. The van der Waals surface area contributed by atoms with Crippen molar-refractivity contribution in [3.05, 3.63) is 0 Å². The maximum absolute atomic E-state index is 11.7. The summed E-state index contributed by atoms with van der Waals surface area (Å²) in [5, 5.41) is 16.8. The van der Waals surface area contributed by atoms with Crippen LogP contribution in [0.1, 0.15) is 26.2 Å². The molecule has 156 valence electrons. The number of carboxylic acid groups (broad SMARTS) is 1. The zero-order chi connectivity index (χ0) is 20.5. The van der Waals surface area contributed by atoms with Gasteiger partial charge in [-0.05, 0) is 19.3 Å². The lowest BCUT2D eigenvalue weighted by atomic mass is 10.1. The second-order valence-electron chi connectivity index (χ2n) is 5.61. The van der Waals surface area contributed by atoms with Crippen LogP contribution < -0.4 is 16.0 Å². The summed E-state index contributed by atoms with van der Waals surface area (Å²) in [6.07, 6.45) is 1.39. The lowest BCUT2D eigenvalue weighted by Crippen LogP contribution is -2.42. The third-order valence-electron chi connectivity index (χ3n) is 3.24. The molecule has 0 aromatic heterocycles. The number of rotatable bonds is 16. The molecule has 0 aliphatic rings. The van der Waals surface area contributed by atoms with Crippen LogP contribution in [0.25, 0.3) is 0 Å². The predicted octanol–water partition coefficient (Wildman–Crippen LogP) is -1.06. The van der Waals surface area contributed by atoms with Crippen molar-refractivity contribution >= 4 is 36.3 Å². The average molecular weight is 407 g/mol. The van der Waals surface area contributed by atoms with Crippen molar-refractivity contribution in [3.63, 3.8) is 0 Å². The van der Waals surface area contributed by atoms with E-state index in [1.807, 2.05) is 0 Å². The van der Waals surface area contributed by atoms with Crippen molar-refractivity contribution in [1.29, 1.82) is 0 Å². The van der Waals surface area contributed by atoms with E-state index in [-0.39, 0.29) is 43.8 Å². The first-order chi connectivity index (χ1) is 12.9. The topological polar surface area (TPSA) is 143 Å². The van der Waals surface area contributed by atoms with Gasteiger partial charge in [0.25, 0.3) is 0 Å². The standard InChI is InChI=1S/C16H29N3O7S/c1-12(20)17-6-7-25-8-9-26-10-14(21)19-13(16(23)24)4-2-3-5-18-15(22)11-27/h13,27H,2-11H2,1H3,(H,17,20)(H,18,22)(H,19,21)(H,23,24). The number of amides is 3. The Morgan fingerprint density at radius 1 is 0.963 bits per heavy atom. The SMILES string of the molecule is CC(=O)NCCOCCOCC(=O)NC(CCCCNC(=O)CS)C(=O)O. The molecule has 0 aromatic rings. The molecule has 0 aliphatic heterocycles. The summed E-state index contributed by atoms with van der Waals surface area (Å²) in [5.74, 6) is -1.86. The molecule has 0 aromatic carbocycles. The summed E-state index contributed by atoms with van der Waals surface area (Å²) in [6.45, 7) is 2.75. The zero-order valence-electron chi connectivity index (χ0n) is 15.5. The summed E-state index contributed by atoms with van der Waals surface area (Å²) >= 11 is 3.83. The molecule has 0 saturated carbocycles. The van der Waals surface area contributed by atoms with Crippen molar-refractivity contribution in [3.8, 4) is 0 Å². The normalized spacial score (nSPS) is 11.5. The second-order valence-corrected chi connectivity index (χ2v) is 5.93. The maximum atomic E-state index is 11.7. The highest BCUT2D eigenvalue weighted by molar-refractivity contribution is 7.81. The number of nitrogens with one attached hydrogen (secondary N) is 3. The van der Waals surface area contributed by atoms with E-state index in [4.69, 9.17) is 14.6 Å². The Hall–Kier alpha value is -1.85. The number of hydrogen-bond acceptors (Lipinski definition) is 7. The van der Waals surface area contributed by atoms with Crippen LogP contribution >= 0.6 is 12.6 Å². The first-order valence-corrected chi connectivity index (χ1v) is 9.29. The molecule has 27 heavy (non-hydrogen) atoms. The summed E-state index contributed by atoms with van der Waals surface area (Å²) < 4.78 is 10.3. The molecule has 0 fully saturated rings. The molecule has 4 N–H and O–H groups in total. The summed E-state index contributed by atoms with van der Waals surface area (Å²) in [4.78, 5) is 44.6.